The quantitative estimate of drug-likeness (QED) is 0.746. The number of amides is 1. The van der Waals surface area contributed by atoms with Crippen molar-refractivity contribution in [3.8, 4) is 0 Å². The molecule has 116 valence electrons. The molecule has 0 unspecified atom stereocenters. The maximum atomic E-state index is 13.0. The first-order chi connectivity index (χ1) is 10.0. The minimum atomic E-state index is -0.388. The van der Waals surface area contributed by atoms with Crippen LogP contribution in [-0.2, 0) is 14.3 Å². The molecule has 0 spiro atoms. The fraction of sp³-hybridized carbons (Fsp3) is 0.467. The van der Waals surface area contributed by atoms with Crippen LogP contribution in [-0.4, -0.2) is 43.5 Å². The van der Waals surface area contributed by atoms with Crippen LogP contribution in [0.2, 0.25) is 0 Å². The van der Waals surface area contributed by atoms with Gasteiger partial charge in [0.05, 0.1) is 13.5 Å². The summed E-state index contributed by atoms with van der Waals surface area (Å²) < 4.78 is 17.6. The van der Waals surface area contributed by atoms with Crippen molar-refractivity contribution in [1.29, 1.82) is 0 Å². The molecule has 0 saturated carbocycles. The largest absolute Gasteiger partial charge is 0.469 e. The minimum absolute atomic E-state index is 0.183. The van der Waals surface area contributed by atoms with Gasteiger partial charge in [-0.25, -0.2) is 4.39 Å². The normalized spacial score (nSPS) is 10.5. The van der Waals surface area contributed by atoms with Crippen LogP contribution in [0.15, 0.2) is 24.3 Å². The molecule has 0 saturated heterocycles. The fourth-order valence-corrected chi connectivity index (χ4v) is 1.83. The molecule has 0 aliphatic heterocycles. The Balaban J connectivity index is 2.35. The molecule has 1 N–H and O–H groups in total. The highest BCUT2D eigenvalue weighted by molar-refractivity contribution is 5.90. The summed E-state index contributed by atoms with van der Waals surface area (Å²) >= 11 is 0. The summed E-state index contributed by atoms with van der Waals surface area (Å²) in [5.74, 6) is -0.837. The van der Waals surface area contributed by atoms with Gasteiger partial charge in [0, 0.05) is 25.2 Å². The average molecular weight is 296 g/mol. The van der Waals surface area contributed by atoms with Crippen LogP contribution in [0, 0.1) is 5.82 Å². The number of esters is 1. The van der Waals surface area contributed by atoms with Gasteiger partial charge >= 0.3 is 5.97 Å². The standard InChI is InChI=1S/C15H21FN2O3/c1-3-18(10-8-15(20)21-2)9-7-14(19)17-13-6-4-5-12(16)11-13/h4-6,11H,3,7-10H2,1-2H3,(H,17,19). The van der Waals surface area contributed by atoms with E-state index in [0.717, 1.165) is 6.54 Å². The second-order valence-corrected chi connectivity index (χ2v) is 4.57. The van der Waals surface area contributed by atoms with Crippen molar-refractivity contribution in [2.45, 2.75) is 19.8 Å². The SMILES string of the molecule is CCN(CCC(=O)Nc1cccc(F)c1)CCC(=O)OC. The Hall–Kier alpha value is -1.95. The molecular formula is C15H21FN2O3. The van der Waals surface area contributed by atoms with E-state index in [1.54, 1.807) is 12.1 Å². The van der Waals surface area contributed by atoms with E-state index in [4.69, 9.17) is 0 Å². The van der Waals surface area contributed by atoms with Crippen molar-refractivity contribution < 1.29 is 18.7 Å². The van der Waals surface area contributed by atoms with Gasteiger partial charge in [-0.15, -0.1) is 0 Å². The maximum absolute atomic E-state index is 13.0. The van der Waals surface area contributed by atoms with Crippen molar-refractivity contribution in [1.82, 2.24) is 4.90 Å². The number of carbonyl (C=O) groups is 2. The van der Waals surface area contributed by atoms with Crippen LogP contribution in [0.1, 0.15) is 19.8 Å². The highest BCUT2D eigenvalue weighted by Gasteiger charge is 2.09. The second-order valence-electron chi connectivity index (χ2n) is 4.57. The van der Waals surface area contributed by atoms with Gasteiger partial charge in [-0.2, -0.15) is 0 Å². The van der Waals surface area contributed by atoms with Crippen LogP contribution in [0.3, 0.4) is 0 Å². The van der Waals surface area contributed by atoms with Crippen LogP contribution >= 0.6 is 0 Å². The summed E-state index contributed by atoms with van der Waals surface area (Å²) in [5, 5.41) is 2.64. The van der Waals surface area contributed by atoms with Gasteiger partial charge in [0.2, 0.25) is 5.91 Å². The van der Waals surface area contributed by atoms with E-state index in [2.05, 4.69) is 10.1 Å². The Bertz CT molecular complexity index is 480. The zero-order valence-corrected chi connectivity index (χ0v) is 12.4. The number of halogens is 1. The average Bonchev–Trinajstić information content (AvgIpc) is 2.47. The number of nitrogens with zero attached hydrogens (tertiary/aromatic N) is 1. The summed E-state index contributed by atoms with van der Waals surface area (Å²) in [6, 6.07) is 5.77. The summed E-state index contributed by atoms with van der Waals surface area (Å²) in [6.45, 7) is 3.79. The lowest BCUT2D eigenvalue weighted by molar-refractivity contribution is -0.140. The molecule has 0 radical (unpaired) electrons. The first kappa shape index (κ1) is 17.1. The van der Waals surface area contributed by atoms with E-state index >= 15 is 0 Å². The van der Waals surface area contributed by atoms with E-state index in [0.29, 0.717) is 25.2 Å². The molecule has 21 heavy (non-hydrogen) atoms. The molecule has 0 aliphatic carbocycles. The Kier molecular flexibility index (Phi) is 7.39. The molecule has 1 rings (SSSR count). The molecule has 1 aromatic carbocycles. The Labute approximate surface area is 124 Å². The third kappa shape index (κ3) is 6.85. The Morgan fingerprint density at radius 1 is 1.29 bits per heavy atom. The van der Waals surface area contributed by atoms with Crippen LogP contribution in [0.4, 0.5) is 10.1 Å². The van der Waals surface area contributed by atoms with Crippen molar-refractivity contribution in [3.05, 3.63) is 30.1 Å². The van der Waals surface area contributed by atoms with E-state index < -0.39 is 0 Å². The van der Waals surface area contributed by atoms with Gasteiger partial charge in [-0.05, 0) is 24.7 Å². The van der Waals surface area contributed by atoms with Crippen molar-refractivity contribution in [2.75, 3.05) is 32.1 Å². The number of ether oxygens (including phenoxy) is 1. The number of benzene rings is 1. The summed E-state index contributed by atoms with van der Waals surface area (Å²) in [5.41, 5.74) is 0.442. The van der Waals surface area contributed by atoms with Gasteiger partial charge < -0.3 is 15.0 Å². The smallest absolute Gasteiger partial charge is 0.306 e. The number of nitrogens with one attached hydrogen (secondary N) is 1. The topological polar surface area (TPSA) is 58.6 Å². The second kappa shape index (κ2) is 9.07. The highest BCUT2D eigenvalue weighted by atomic mass is 19.1. The number of hydrogen-bond acceptors (Lipinski definition) is 4. The van der Waals surface area contributed by atoms with Crippen LogP contribution in [0.5, 0.6) is 0 Å². The minimum Gasteiger partial charge on any atom is -0.469 e. The zero-order chi connectivity index (χ0) is 15.7. The van der Waals surface area contributed by atoms with E-state index in [1.165, 1.54) is 19.2 Å². The lowest BCUT2D eigenvalue weighted by Gasteiger charge is -2.19. The third-order valence-electron chi connectivity index (χ3n) is 3.07. The predicted molar refractivity (Wildman–Crippen MR) is 78.4 cm³/mol. The summed E-state index contributed by atoms with van der Waals surface area (Å²) in [7, 11) is 1.35. The molecule has 1 aromatic rings. The molecule has 0 aromatic heterocycles. The molecule has 0 bridgehead atoms. The maximum Gasteiger partial charge on any atom is 0.306 e. The highest BCUT2D eigenvalue weighted by Crippen LogP contribution is 2.09. The summed E-state index contributed by atoms with van der Waals surface area (Å²) in [6.07, 6.45) is 0.585. The zero-order valence-electron chi connectivity index (χ0n) is 12.4. The molecule has 0 aliphatic rings. The molecule has 1 amide bonds. The van der Waals surface area contributed by atoms with Crippen LogP contribution < -0.4 is 5.32 Å². The fourth-order valence-electron chi connectivity index (χ4n) is 1.83. The van der Waals surface area contributed by atoms with Gasteiger partial charge in [0.15, 0.2) is 0 Å². The van der Waals surface area contributed by atoms with E-state index in [9.17, 15) is 14.0 Å². The first-order valence-corrected chi connectivity index (χ1v) is 6.89. The van der Waals surface area contributed by atoms with E-state index in [1.807, 2.05) is 11.8 Å². The first-order valence-electron chi connectivity index (χ1n) is 6.89. The van der Waals surface area contributed by atoms with Crippen molar-refractivity contribution in [3.63, 3.8) is 0 Å². The Morgan fingerprint density at radius 3 is 2.62 bits per heavy atom. The molecule has 0 fully saturated rings. The molecule has 0 heterocycles. The van der Waals surface area contributed by atoms with Crippen molar-refractivity contribution in [2.24, 2.45) is 0 Å². The van der Waals surface area contributed by atoms with Crippen LogP contribution in [0.25, 0.3) is 0 Å². The van der Waals surface area contributed by atoms with Gasteiger partial charge in [0.1, 0.15) is 5.82 Å². The Morgan fingerprint density at radius 2 is 2.00 bits per heavy atom. The number of rotatable bonds is 8. The van der Waals surface area contributed by atoms with Gasteiger partial charge in [-0.3, -0.25) is 9.59 Å². The molecule has 6 heteroatoms. The summed E-state index contributed by atoms with van der Waals surface area (Å²) in [4.78, 5) is 24.9. The number of anilines is 1. The lowest BCUT2D eigenvalue weighted by Crippen LogP contribution is -2.30. The monoisotopic (exact) mass is 296 g/mol. The van der Waals surface area contributed by atoms with Gasteiger partial charge in [0.25, 0.3) is 0 Å². The number of carbonyl (C=O) groups excluding carboxylic acids is 2. The van der Waals surface area contributed by atoms with E-state index in [-0.39, 0.29) is 24.1 Å². The molecule has 5 nitrogen and oxygen atoms in total. The number of hydrogen-bond donors (Lipinski definition) is 1. The molecule has 0 atom stereocenters. The predicted octanol–water partition coefficient (Wildman–Crippen LogP) is 2.04. The van der Waals surface area contributed by atoms with Crippen molar-refractivity contribution >= 4 is 17.6 Å². The number of methoxy groups -OCH3 is 1. The van der Waals surface area contributed by atoms with Gasteiger partial charge in [-0.1, -0.05) is 13.0 Å². The third-order valence-corrected chi connectivity index (χ3v) is 3.07. The molecular weight excluding hydrogens is 275 g/mol. The lowest BCUT2D eigenvalue weighted by atomic mass is 10.3.